The number of piperidine rings is 1. The molecule has 0 unspecified atom stereocenters. The van der Waals surface area contributed by atoms with E-state index in [1.807, 2.05) is 42.6 Å². The van der Waals surface area contributed by atoms with Crippen LogP contribution in [0.5, 0.6) is 5.75 Å². The van der Waals surface area contributed by atoms with Gasteiger partial charge < -0.3 is 14.7 Å². The number of nitrogens with zero attached hydrogens (tertiary/aromatic N) is 3. The fraction of sp³-hybridized carbons (Fsp3) is 0.423. The number of aromatic nitrogens is 2. The molecule has 8 heteroatoms. The molecule has 0 saturated carbocycles. The molecule has 0 spiro atoms. The van der Waals surface area contributed by atoms with Crippen molar-refractivity contribution in [1.82, 2.24) is 14.9 Å². The monoisotopic (exact) mass is 499 g/mol. The normalized spacial score (nSPS) is 15.9. The van der Waals surface area contributed by atoms with Crippen molar-refractivity contribution in [2.24, 2.45) is 5.41 Å². The average molecular weight is 500 g/mol. The van der Waals surface area contributed by atoms with E-state index in [1.165, 1.54) is 0 Å². The number of likely N-dealkylation sites (tertiary alicyclic amines) is 1. The van der Waals surface area contributed by atoms with E-state index in [0.717, 1.165) is 59.0 Å². The van der Waals surface area contributed by atoms with Gasteiger partial charge in [-0.2, -0.15) is 0 Å². The molecular weight excluding hydrogens is 470 g/mol. The van der Waals surface area contributed by atoms with Crippen molar-refractivity contribution < 1.29 is 14.6 Å². The summed E-state index contributed by atoms with van der Waals surface area (Å²) in [6.45, 7) is 2.56. The minimum atomic E-state index is -0.678. The number of hydrogen-bond acceptors (Lipinski definition) is 6. The van der Waals surface area contributed by atoms with Crippen molar-refractivity contribution in [3.63, 3.8) is 0 Å². The van der Waals surface area contributed by atoms with Gasteiger partial charge in [-0.05, 0) is 81.1 Å². The van der Waals surface area contributed by atoms with E-state index in [1.54, 1.807) is 25.1 Å². The van der Waals surface area contributed by atoms with Gasteiger partial charge in [-0.1, -0.05) is 17.7 Å². The SMILES string of the molecule is COc1ccc2ncc(Cl)c(CCCC3(C(=O)O)CCN(CCSc4ccccn4)CC3)c2c1. The third-order valence-corrected chi connectivity index (χ3v) is 8.03. The molecule has 1 aliphatic rings. The van der Waals surface area contributed by atoms with Crippen molar-refractivity contribution in [2.75, 3.05) is 32.5 Å². The van der Waals surface area contributed by atoms with Gasteiger partial charge in [-0.25, -0.2) is 4.98 Å². The van der Waals surface area contributed by atoms with Crippen molar-refractivity contribution >= 4 is 40.2 Å². The number of aliphatic carboxylic acids is 1. The number of benzene rings is 1. The van der Waals surface area contributed by atoms with Gasteiger partial charge in [0.2, 0.25) is 0 Å². The number of hydrogen-bond donors (Lipinski definition) is 1. The summed E-state index contributed by atoms with van der Waals surface area (Å²) in [5.74, 6) is 1.03. The van der Waals surface area contributed by atoms with Crippen molar-refractivity contribution in [3.05, 3.63) is 59.4 Å². The van der Waals surface area contributed by atoms with Gasteiger partial charge in [0.25, 0.3) is 0 Å². The molecule has 3 aromatic rings. The lowest BCUT2D eigenvalue weighted by Gasteiger charge is -2.39. The fourth-order valence-electron chi connectivity index (χ4n) is 4.67. The van der Waals surface area contributed by atoms with Crippen LogP contribution in [0.2, 0.25) is 5.02 Å². The third-order valence-electron chi connectivity index (χ3n) is 6.78. The molecule has 6 nitrogen and oxygen atoms in total. The number of carboxylic acid groups (broad SMARTS) is 1. The Morgan fingerprint density at radius 1 is 1.24 bits per heavy atom. The van der Waals surface area contributed by atoms with Crippen LogP contribution in [0.3, 0.4) is 0 Å². The largest absolute Gasteiger partial charge is 0.497 e. The Hall–Kier alpha value is -2.35. The van der Waals surface area contributed by atoms with Gasteiger partial charge >= 0.3 is 5.97 Å². The van der Waals surface area contributed by atoms with Gasteiger partial charge in [-0.3, -0.25) is 9.78 Å². The minimum Gasteiger partial charge on any atom is -0.497 e. The molecule has 1 saturated heterocycles. The molecule has 0 bridgehead atoms. The zero-order valence-electron chi connectivity index (χ0n) is 19.4. The second-order valence-corrected chi connectivity index (χ2v) is 10.3. The summed E-state index contributed by atoms with van der Waals surface area (Å²) < 4.78 is 5.37. The summed E-state index contributed by atoms with van der Waals surface area (Å²) in [7, 11) is 1.64. The first-order valence-corrected chi connectivity index (χ1v) is 13.0. The zero-order chi connectivity index (χ0) is 24.0. The second-order valence-electron chi connectivity index (χ2n) is 8.76. The average Bonchev–Trinajstić information content (AvgIpc) is 2.86. The van der Waals surface area contributed by atoms with Crippen LogP contribution in [-0.2, 0) is 11.2 Å². The van der Waals surface area contributed by atoms with Gasteiger partial charge in [0.15, 0.2) is 0 Å². The Morgan fingerprint density at radius 3 is 2.76 bits per heavy atom. The Balaban J connectivity index is 1.34. The van der Waals surface area contributed by atoms with E-state index < -0.39 is 11.4 Å². The first-order chi connectivity index (χ1) is 16.5. The number of carbonyl (C=O) groups is 1. The van der Waals surface area contributed by atoms with Crippen molar-refractivity contribution in [1.29, 1.82) is 0 Å². The van der Waals surface area contributed by atoms with E-state index in [4.69, 9.17) is 16.3 Å². The van der Waals surface area contributed by atoms with Gasteiger partial charge in [0.05, 0.1) is 28.1 Å². The number of pyridine rings is 2. The van der Waals surface area contributed by atoms with Crippen LogP contribution in [0.1, 0.15) is 31.2 Å². The molecule has 1 aliphatic heterocycles. The molecule has 4 rings (SSSR count). The number of carboxylic acids is 1. The second kappa shape index (κ2) is 11.4. The fourth-order valence-corrected chi connectivity index (χ4v) is 5.79. The van der Waals surface area contributed by atoms with Gasteiger partial charge in [0.1, 0.15) is 5.75 Å². The van der Waals surface area contributed by atoms with Gasteiger partial charge in [-0.15, -0.1) is 11.8 Å². The molecule has 0 aliphatic carbocycles. The highest BCUT2D eigenvalue weighted by molar-refractivity contribution is 7.99. The summed E-state index contributed by atoms with van der Waals surface area (Å²) in [5, 5.41) is 12.7. The lowest BCUT2D eigenvalue weighted by atomic mass is 9.74. The highest BCUT2D eigenvalue weighted by atomic mass is 35.5. The van der Waals surface area contributed by atoms with Crippen molar-refractivity contribution in [3.8, 4) is 5.75 Å². The van der Waals surface area contributed by atoms with Crippen LogP contribution in [0.15, 0.2) is 53.8 Å². The van der Waals surface area contributed by atoms with E-state index in [9.17, 15) is 9.90 Å². The quantitative estimate of drug-likeness (QED) is 0.365. The van der Waals surface area contributed by atoms with Crippen LogP contribution in [0, 0.1) is 5.41 Å². The molecule has 0 radical (unpaired) electrons. The Morgan fingerprint density at radius 2 is 2.06 bits per heavy atom. The van der Waals surface area contributed by atoms with Crippen molar-refractivity contribution in [2.45, 2.75) is 37.1 Å². The van der Waals surface area contributed by atoms with Crippen LogP contribution in [-0.4, -0.2) is 58.4 Å². The first-order valence-electron chi connectivity index (χ1n) is 11.6. The minimum absolute atomic E-state index is 0.616. The summed E-state index contributed by atoms with van der Waals surface area (Å²) in [6.07, 6.45) is 6.96. The van der Waals surface area contributed by atoms with E-state index in [0.29, 0.717) is 30.7 Å². The number of ether oxygens (including phenoxy) is 1. The smallest absolute Gasteiger partial charge is 0.309 e. The molecule has 1 fully saturated rings. The third kappa shape index (κ3) is 5.82. The predicted octanol–water partition coefficient (Wildman–Crippen LogP) is 5.57. The predicted molar refractivity (Wildman–Crippen MR) is 137 cm³/mol. The Kier molecular flexibility index (Phi) is 8.29. The lowest BCUT2D eigenvalue weighted by molar-refractivity contribution is -0.152. The summed E-state index contributed by atoms with van der Waals surface area (Å²) in [4.78, 5) is 23.4. The molecule has 34 heavy (non-hydrogen) atoms. The van der Waals surface area contributed by atoms with E-state index in [-0.39, 0.29) is 0 Å². The number of fused-ring (bicyclic) bond motifs is 1. The number of methoxy groups -OCH3 is 1. The van der Waals surface area contributed by atoms with Crippen LogP contribution in [0.25, 0.3) is 10.9 Å². The maximum absolute atomic E-state index is 12.3. The number of thioether (sulfide) groups is 1. The Labute approximate surface area is 209 Å². The molecule has 1 aromatic carbocycles. The van der Waals surface area contributed by atoms with E-state index in [2.05, 4.69) is 14.9 Å². The van der Waals surface area contributed by atoms with E-state index >= 15 is 0 Å². The topological polar surface area (TPSA) is 75.6 Å². The van der Waals surface area contributed by atoms with Gasteiger partial charge in [0, 0.05) is 30.1 Å². The molecule has 2 aromatic heterocycles. The lowest BCUT2D eigenvalue weighted by Crippen LogP contribution is -2.45. The zero-order valence-corrected chi connectivity index (χ0v) is 20.9. The van der Waals surface area contributed by atoms with Crippen LogP contribution in [0.4, 0.5) is 0 Å². The Bertz CT molecular complexity index is 1120. The number of halogens is 1. The summed E-state index contributed by atoms with van der Waals surface area (Å²) in [6, 6.07) is 11.7. The maximum atomic E-state index is 12.3. The van der Waals surface area contributed by atoms with Crippen LogP contribution >= 0.6 is 23.4 Å². The highest BCUT2D eigenvalue weighted by Crippen LogP contribution is 2.38. The number of rotatable bonds is 10. The first kappa shape index (κ1) is 24.8. The molecule has 1 N–H and O–H groups in total. The molecular formula is C26H30ClN3O3S. The molecule has 180 valence electrons. The molecule has 0 atom stereocenters. The summed E-state index contributed by atoms with van der Waals surface area (Å²) >= 11 is 8.24. The van der Waals surface area contributed by atoms with Crippen LogP contribution < -0.4 is 4.74 Å². The standard InChI is InChI=1S/C26H30ClN3O3S/c1-33-19-7-8-23-21(17-19)20(22(27)18-29-23)5-4-9-26(25(31)32)10-13-30(14-11-26)15-16-34-24-6-2-3-12-28-24/h2-3,6-8,12,17-18H,4-5,9-11,13-16H2,1H3,(H,31,32). The molecule has 0 amide bonds. The maximum Gasteiger partial charge on any atom is 0.309 e. The molecule has 3 heterocycles. The number of aryl methyl sites for hydroxylation is 1. The summed E-state index contributed by atoms with van der Waals surface area (Å²) in [5.41, 5.74) is 1.21. The highest BCUT2D eigenvalue weighted by Gasteiger charge is 2.40.